The number of hydrogen-bond acceptors (Lipinski definition) is 5. The standard InChI is InChI=1S/C21H20FNO4S/c22-16-9-6-10-17-19(16)15(13-26-14-7-2-1-3-8-14)20(28-17)21(24)23-27-18-11-4-5-12-25-18/h1-3,6-10,18H,4-5,11-13H2,(H,23,24). The van der Waals surface area contributed by atoms with Gasteiger partial charge in [0.1, 0.15) is 23.1 Å². The van der Waals surface area contributed by atoms with Crippen molar-refractivity contribution in [1.29, 1.82) is 0 Å². The molecule has 0 saturated carbocycles. The average Bonchev–Trinajstić information content (AvgIpc) is 3.12. The third kappa shape index (κ3) is 4.16. The monoisotopic (exact) mass is 401 g/mol. The van der Waals surface area contributed by atoms with Crippen LogP contribution in [0.5, 0.6) is 5.75 Å². The van der Waals surface area contributed by atoms with Crippen molar-refractivity contribution in [2.45, 2.75) is 32.2 Å². The molecule has 3 aromatic rings. The first-order chi connectivity index (χ1) is 13.7. The summed E-state index contributed by atoms with van der Waals surface area (Å²) in [5, 5.41) is 0.405. The molecule has 7 heteroatoms. The number of thiophene rings is 1. The van der Waals surface area contributed by atoms with Gasteiger partial charge in [0.15, 0.2) is 6.29 Å². The Morgan fingerprint density at radius 2 is 2.04 bits per heavy atom. The quantitative estimate of drug-likeness (QED) is 0.603. The first-order valence-electron chi connectivity index (χ1n) is 9.17. The van der Waals surface area contributed by atoms with Gasteiger partial charge in [0.05, 0.1) is 0 Å². The Balaban J connectivity index is 1.57. The largest absolute Gasteiger partial charge is 0.489 e. The number of halogens is 1. The zero-order valence-electron chi connectivity index (χ0n) is 15.2. The highest BCUT2D eigenvalue weighted by Gasteiger charge is 2.23. The summed E-state index contributed by atoms with van der Waals surface area (Å²) >= 11 is 1.22. The SMILES string of the molecule is O=C(NOC1CCCCO1)c1sc2cccc(F)c2c1COc1ccccc1. The zero-order chi connectivity index (χ0) is 19.3. The Hall–Kier alpha value is -2.48. The van der Waals surface area contributed by atoms with Crippen molar-refractivity contribution in [3.63, 3.8) is 0 Å². The van der Waals surface area contributed by atoms with E-state index in [9.17, 15) is 9.18 Å². The van der Waals surface area contributed by atoms with E-state index in [-0.39, 0.29) is 12.4 Å². The van der Waals surface area contributed by atoms with Gasteiger partial charge in [0.2, 0.25) is 0 Å². The van der Waals surface area contributed by atoms with E-state index in [0.717, 1.165) is 19.3 Å². The minimum Gasteiger partial charge on any atom is -0.489 e. The second-order valence-corrected chi connectivity index (χ2v) is 7.52. The van der Waals surface area contributed by atoms with Crippen LogP contribution in [0.15, 0.2) is 48.5 Å². The fourth-order valence-electron chi connectivity index (χ4n) is 3.13. The number of rotatable bonds is 6. The molecule has 0 aliphatic carbocycles. The first kappa shape index (κ1) is 18.9. The van der Waals surface area contributed by atoms with E-state index >= 15 is 0 Å². The van der Waals surface area contributed by atoms with E-state index in [1.54, 1.807) is 12.1 Å². The number of carbonyl (C=O) groups excluding carboxylic acids is 1. The Kier molecular flexibility index (Phi) is 5.85. The second kappa shape index (κ2) is 8.68. The van der Waals surface area contributed by atoms with Gasteiger partial charge in [-0.1, -0.05) is 24.3 Å². The summed E-state index contributed by atoms with van der Waals surface area (Å²) in [5.41, 5.74) is 2.96. The number of nitrogens with one attached hydrogen (secondary N) is 1. The molecule has 1 N–H and O–H groups in total. The van der Waals surface area contributed by atoms with Crippen LogP contribution in [0.1, 0.15) is 34.5 Å². The van der Waals surface area contributed by atoms with Crippen molar-refractivity contribution in [2.75, 3.05) is 6.61 Å². The van der Waals surface area contributed by atoms with Crippen molar-refractivity contribution in [1.82, 2.24) is 5.48 Å². The lowest BCUT2D eigenvalue weighted by atomic mass is 10.1. The molecule has 1 fully saturated rings. The number of amides is 1. The molecular weight excluding hydrogens is 381 g/mol. The van der Waals surface area contributed by atoms with Gasteiger partial charge in [-0.2, -0.15) is 0 Å². The Bertz CT molecular complexity index is 954. The van der Waals surface area contributed by atoms with Gasteiger partial charge < -0.3 is 9.47 Å². The Labute approximate surface area is 166 Å². The summed E-state index contributed by atoms with van der Waals surface area (Å²) in [4.78, 5) is 18.5. The normalized spacial score (nSPS) is 16.8. The lowest BCUT2D eigenvalue weighted by molar-refractivity contribution is -0.186. The Morgan fingerprint density at radius 1 is 1.18 bits per heavy atom. The Morgan fingerprint density at radius 3 is 2.82 bits per heavy atom. The molecule has 0 spiro atoms. The van der Waals surface area contributed by atoms with Crippen molar-refractivity contribution in [3.05, 3.63) is 64.8 Å². The van der Waals surface area contributed by atoms with Gasteiger partial charge in [0, 0.05) is 28.7 Å². The number of benzene rings is 2. The predicted octanol–water partition coefficient (Wildman–Crippen LogP) is 4.81. The van der Waals surface area contributed by atoms with Crippen LogP contribution in [0.3, 0.4) is 0 Å². The van der Waals surface area contributed by atoms with E-state index in [1.807, 2.05) is 30.3 Å². The van der Waals surface area contributed by atoms with Crippen LogP contribution in [-0.2, 0) is 16.2 Å². The third-order valence-corrected chi connectivity index (χ3v) is 5.71. The van der Waals surface area contributed by atoms with E-state index in [1.165, 1.54) is 17.4 Å². The van der Waals surface area contributed by atoms with E-state index in [4.69, 9.17) is 14.3 Å². The van der Waals surface area contributed by atoms with Crippen molar-refractivity contribution in [3.8, 4) is 5.75 Å². The van der Waals surface area contributed by atoms with Crippen molar-refractivity contribution in [2.24, 2.45) is 0 Å². The molecule has 2 aromatic carbocycles. The van der Waals surface area contributed by atoms with Gasteiger partial charge in [0.25, 0.3) is 5.91 Å². The maximum Gasteiger partial charge on any atom is 0.285 e. The molecule has 4 rings (SSSR count). The van der Waals surface area contributed by atoms with E-state index < -0.39 is 12.2 Å². The lowest BCUT2D eigenvalue weighted by Crippen LogP contribution is -2.33. The highest BCUT2D eigenvalue weighted by Crippen LogP contribution is 2.34. The smallest absolute Gasteiger partial charge is 0.285 e. The van der Waals surface area contributed by atoms with E-state index in [2.05, 4.69) is 5.48 Å². The molecule has 1 aliphatic heterocycles. The number of fused-ring (bicyclic) bond motifs is 1. The molecule has 1 unspecified atom stereocenters. The molecule has 28 heavy (non-hydrogen) atoms. The molecule has 0 radical (unpaired) electrons. The van der Waals surface area contributed by atoms with Crippen LogP contribution < -0.4 is 10.2 Å². The zero-order valence-corrected chi connectivity index (χ0v) is 16.0. The number of carbonyl (C=O) groups is 1. The molecule has 146 valence electrons. The summed E-state index contributed by atoms with van der Waals surface area (Å²) in [5.74, 6) is -0.158. The predicted molar refractivity (Wildman–Crippen MR) is 105 cm³/mol. The van der Waals surface area contributed by atoms with Crippen molar-refractivity contribution >= 4 is 27.3 Å². The van der Waals surface area contributed by atoms with Crippen LogP contribution in [-0.4, -0.2) is 18.8 Å². The fourth-order valence-corrected chi connectivity index (χ4v) is 4.24. The number of hydroxylamine groups is 1. The minimum atomic E-state index is -0.451. The highest BCUT2D eigenvalue weighted by molar-refractivity contribution is 7.21. The lowest BCUT2D eigenvalue weighted by Gasteiger charge is -2.22. The topological polar surface area (TPSA) is 56.8 Å². The van der Waals surface area contributed by atoms with Crippen molar-refractivity contribution < 1.29 is 23.5 Å². The van der Waals surface area contributed by atoms with Crippen LogP contribution in [0, 0.1) is 5.82 Å². The fraction of sp³-hybridized carbons (Fsp3) is 0.286. The van der Waals surface area contributed by atoms with Crippen LogP contribution in [0.2, 0.25) is 0 Å². The van der Waals surface area contributed by atoms with Gasteiger partial charge in [-0.3, -0.25) is 4.79 Å². The molecule has 2 heterocycles. The molecule has 1 aromatic heterocycles. The maximum atomic E-state index is 14.5. The molecule has 1 aliphatic rings. The third-order valence-electron chi connectivity index (χ3n) is 4.52. The van der Waals surface area contributed by atoms with E-state index in [0.29, 0.717) is 32.9 Å². The maximum absolute atomic E-state index is 14.5. The number of para-hydroxylation sites is 1. The van der Waals surface area contributed by atoms with Crippen LogP contribution >= 0.6 is 11.3 Å². The van der Waals surface area contributed by atoms with Crippen LogP contribution in [0.25, 0.3) is 10.1 Å². The number of ether oxygens (including phenoxy) is 2. The molecule has 1 amide bonds. The molecule has 5 nitrogen and oxygen atoms in total. The first-order valence-corrected chi connectivity index (χ1v) is 9.99. The highest BCUT2D eigenvalue weighted by atomic mass is 32.1. The minimum absolute atomic E-state index is 0.0770. The summed E-state index contributed by atoms with van der Waals surface area (Å²) in [6.45, 7) is 0.693. The molecule has 1 saturated heterocycles. The average molecular weight is 401 g/mol. The molecular formula is C21H20FNO4S. The molecule has 1 atom stereocenters. The van der Waals surface area contributed by atoms with Gasteiger partial charge >= 0.3 is 0 Å². The van der Waals surface area contributed by atoms with Gasteiger partial charge in [-0.15, -0.1) is 11.3 Å². The van der Waals surface area contributed by atoms with Gasteiger partial charge in [-0.05, 0) is 37.1 Å². The summed E-state index contributed by atoms with van der Waals surface area (Å²) < 4.78 is 26.4. The van der Waals surface area contributed by atoms with Crippen LogP contribution in [0.4, 0.5) is 4.39 Å². The second-order valence-electron chi connectivity index (χ2n) is 6.47. The molecule has 0 bridgehead atoms. The summed E-state index contributed by atoms with van der Waals surface area (Å²) in [6, 6.07) is 14.0. The van der Waals surface area contributed by atoms with Gasteiger partial charge in [-0.25, -0.2) is 14.7 Å². The summed E-state index contributed by atoms with van der Waals surface area (Å²) in [6.07, 6.45) is 2.26. The summed E-state index contributed by atoms with van der Waals surface area (Å²) in [7, 11) is 0. The number of hydrogen-bond donors (Lipinski definition) is 1.